The van der Waals surface area contributed by atoms with E-state index in [1.807, 2.05) is 0 Å². The molecule has 0 spiro atoms. The van der Waals surface area contributed by atoms with Gasteiger partial charge in [0, 0.05) is 0 Å². The van der Waals surface area contributed by atoms with Gasteiger partial charge in [0.2, 0.25) is 0 Å². The summed E-state index contributed by atoms with van der Waals surface area (Å²) in [6.45, 7) is 13.8. The first-order chi connectivity index (χ1) is 8.97. The molecule has 0 aliphatic carbocycles. The van der Waals surface area contributed by atoms with Gasteiger partial charge in [-0.15, -0.1) is 0 Å². The molecular weight excluding hydrogens is 297 g/mol. The SMILES string of the molecule is CCN(CC)C1C=C(C(C)(C)C)[Se]c2ccccc21. The van der Waals surface area contributed by atoms with Crippen LogP contribution < -0.4 is 4.46 Å². The van der Waals surface area contributed by atoms with Crippen molar-refractivity contribution in [2.24, 2.45) is 5.41 Å². The number of likely N-dealkylation sites (N-methyl/N-ethyl adjacent to an activating group) is 1. The van der Waals surface area contributed by atoms with Crippen LogP contribution >= 0.6 is 0 Å². The zero-order chi connectivity index (χ0) is 14.0. The molecule has 0 fully saturated rings. The van der Waals surface area contributed by atoms with Crippen molar-refractivity contribution in [3.8, 4) is 0 Å². The predicted octanol–water partition coefficient (Wildman–Crippen LogP) is 3.34. The van der Waals surface area contributed by atoms with Crippen molar-refractivity contribution in [2.75, 3.05) is 13.1 Å². The predicted molar refractivity (Wildman–Crippen MR) is 85.0 cm³/mol. The summed E-state index contributed by atoms with van der Waals surface area (Å²) < 4.78 is 3.20. The topological polar surface area (TPSA) is 3.24 Å². The molecule has 1 atom stereocenters. The Morgan fingerprint density at radius 3 is 2.32 bits per heavy atom. The van der Waals surface area contributed by atoms with Crippen molar-refractivity contribution in [1.29, 1.82) is 0 Å². The number of hydrogen-bond acceptors (Lipinski definition) is 1. The Morgan fingerprint density at radius 2 is 1.74 bits per heavy atom. The first-order valence-corrected chi connectivity index (χ1v) is 8.91. The van der Waals surface area contributed by atoms with Crippen molar-refractivity contribution < 1.29 is 0 Å². The normalized spacial score (nSPS) is 19.3. The van der Waals surface area contributed by atoms with E-state index in [-0.39, 0.29) is 0 Å². The van der Waals surface area contributed by atoms with Crippen molar-refractivity contribution in [1.82, 2.24) is 4.90 Å². The van der Waals surface area contributed by atoms with Gasteiger partial charge in [-0.05, 0) is 0 Å². The van der Waals surface area contributed by atoms with E-state index in [2.05, 4.69) is 69.9 Å². The molecule has 1 aromatic rings. The Hall–Kier alpha value is -0.561. The van der Waals surface area contributed by atoms with E-state index in [0.717, 1.165) is 13.1 Å². The summed E-state index contributed by atoms with van der Waals surface area (Å²) in [5.74, 6) is 0. The Bertz CT molecular complexity index is 466. The van der Waals surface area contributed by atoms with Crippen LogP contribution in [0.25, 0.3) is 0 Å². The first-order valence-electron chi connectivity index (χ1n) is 7.20. The van der Waals surface area contributed by atoms with E-state index in [4.69, 9.17) is 0 Å². The molecule has 2 heteroatoms. The van der Waals surface area contributed by atoms with Gasteiger partial charge in [0.15, 0.2) is 0 Å². The van der Waals surface area contributed by atoms with Crippen molar-refractivity contribution in [3.63, 3.8) is 0 Å². The molecule has 104 valence electrons. The second-order valence-electron chi connectivity index (χ2n) is 6.09. The Balaban J connectivity index is 2.46. The molecular formula is C17H25NSe. The summed E-state index contributed by atoms with van der Waals surface area (Å²) in [6.07, 6.45) is 2.54. The van der Waals surface area contributed by atoms with Crippen molar-refractivity contribution in [2.45, 2.75) is 40.7 Å². The quantitative estimate of drug-likeness (QED) is 0.772. The average molecular weight is 322 g/mol. The van der Waals surface area contributed by atoms with Crippen LogP contribution in [0.4, 0.5) is 0 Å². The van der Waals surface area contributed by atoms with E-state index in [0.29, 0.717) is 26.4 Å². The summed E-state index contributed by atoms with van der Waals surface area (Å²) in [7, 11) is 0. The Morgan fingerprint density at radius 1 is 1.11 bits per heavy atom. The molecule has 1 unspecified atom stereocenters. The summed E-state index contributed by atoms with van der Waals surface area (Å²) in [6, 6.07) is 9.48. The van der Waals surface area contributed by atoms with Crippen LogP contribution in [0.3, 0.4) is 0 Å². The van der Waals surface area contributed by atoms with Gasteiger partial charge in [-0.3, -0.25) is 0 Å². The fourth-order valence-corrected chi connectivity index (χ4v) is 5.03. The summed E-state index contributed by atoms with van der Waals surface area (Å²) in [4.78, 5) is 2.56. The van der Waals surface area contributed by atoms with Gasteiger partial charge in [-0.25, -0.2) is 0 Å². The maximum absolute atomic E-state index is 2.56. The summed E-state index contributed by atoms with van der Waals surface area (Å²) >= 11 is 0.485. The van der Waals surface area contributed by atoms with Gasteiger partial charge in [-0.1, -0.05) is 0 Å². The number of allylic oxidation sites excluding steroid dienone is 1. The molecule has 2 rings (SSSR count). The van der Waals surface area contributed by atoms with Crippen molar-refractivity contribution >= 4 is 19.4 Å². The molecule has 0 bridgehead atoms. The molecule has 0 aromatic heterocycles. The molecule has 1 heterocycles. The summed E-state index contributed by atoms with van der Waals surface area (Å²) in [5.41, 5.74) is 1.82. The zero-order valence-electron chi connectivity index (χ0n) is 12.7. The molecule has 1 nitrogen and oxygen atoms in total. The van der Waals surface area contributed by atoms with Crippen LogP contribution in [0.15, 0.2) is 34.8 Å². The van der Waals surface area contributed by atoms with Crippen LogP contribution in [0, 0.1) is 5.41 Å². The van der Waals surface area contributed by atoms with Gasteiger partial charge in [0.1, 0.15) is 0 Å². The van der Waals surface area contributed by atoms with Crippen LogP contribution in [0.1, 0.15) is 46.2 Å². The van der Waals surface area contributed by atoms with Gasteiger partial charge in [-0.2, -0.15) is 0 Å². The first kappa shape index (κ1) is 14.8. The summed E-state index contributed by atoms with van der Waals surface area (Å²) in [5, 5.41) is 0. The number of fused-ring (bicyclic) bond motifs is 1. The van der Waals surface area contributed by atoms with Gasteiger partial charge >= 0.3 is 124 Å². The molecule has 1 aliphatic heterocycles. The minimum absolute atomic E-state index is 0.291. The number of rotatable bonds is 3. The number of hydrogen-bond donors (Lipinski definition) is 0. The maximum atomic E-state index is 2.56. The molecule has 0 saturated heterocycles. The third-order valence-corrected chi connectivity index (χ3v) is 6.98. The third kappa shape index (κ3) is 3.13. The van der Waals surface area contributed by atoms with Crippen LogP contribution in [-0.4, -0.2) is 32.9 Å². The monoisotopic (exact) mass is 323 g/mol. The minimum atomic E-state index is 0.291. The molecule has 0 radical (unpaired) electrons. The molecule has 0 amide bonds. The number of nitrogens with zero attached hydrogens (tertiary/aromatic N) is 1. The molecule has 19 heavy (non-hydrogen) atoms. The molecule has 0 saturated carbocycles. The standard InChI is InChI=1S/C17H25NSe/c1-6-18(7-2)14-12-16(17(3,4)5)19-15-11-9-8-10-13(14)15/h8-12,14H,6-7H2,1-5H3. The average Bonchev–Trinajstić information content (AvgIpc) is 2.38. The van der Waals surface area contributed by atoms with Gasteiger partial charge in [0.05, 0.1) is 0 Å². The number of benzene rings is 1. The van der Waals surface area contributed by atoms with E-state index in [1.165, 1.54) is 5.56 Å². The van der Waals surface area contributed by atoms with E-state index < -0.39 is 0 Å². The van der Waals surface area contributed by atoms with E-state index >= 15 is 0 Å². The molecule has 1 aliphatic rings. The van der Waals surface area contributed by atoms with Gasteiger partial charge < -0.3 is 0 Å². The van der Waals surface area contributed by atoms with Crippen LogP contribution in [-0.2, 0) is 0 Å². The second-order valence-corrected chi connectivity index (χ2v) is 8.36. The zero-order valence-corrected chi connectivity index (χ0v) is 14.4. The Labute approximate surface area is 124 Å². The van der Waals surface area contributed by atoms with Crippen molar-refractivity contribution in [3.05, 3.63) is 40.4 Å². The Kier molecular flexibility index (Phi) is 4.55. The van der Waals surface area contributed by atoms with Crippen LogP contribution in [0.2, 0.25) is 0 Å². The van der Waals surface area contributed by atoms with Crippen LogP contribution in [0.5, 0.6) is 0 Å². The second kappa shape index (κ2) is 5.83. The molecule has 1 aromatic carbocycles. The molecule has 0 N–H and O–H groups in total. The fourth-order valence-electron chi connectivity index (χ4n) is 2.53. The fraction of sp³-hybridized carbons (Fsp3) is 0.529. The van der Waals surface area contributed by atoms with E-state index in [9.17, 15) is 0 Å². The van der Waals surface area contributed by atoms with Gasteiger partial charge in [0.25, 0.3) is 0 Å². The third-order valence-electron chi connectivity index (χ3n) is 3.71. The van der Waals surface area contributed by atoms with E-state index in [1.54, 1.807) is 8.93 Å².